The van der Waals surface area contributed by atoms with E-state index in [-0.39, 0.29) is 5.91 Å². The van der Waals surface area contributed by atoms with Crippen LogP contribution in [-0.4, -0.2) is 16.8 Å². The van der Waals surface area contributed by atoms with Gasteiger partial charge in [0.1, 0.15) is 0 Å². The fourth-order valence-electron chi connectivity index (χ4n) is 2.18. The monoisotopic (exact) mass is 325 g/mol. The van der Waals surface area contributed by atoms with Crippen LogP contribution < -0.4 is 0 Å². The van der Waals surface area contributed by atoms with Crippen LogP contribution in [-0.2, 0) is 6.54 Å². The zero-order chi connectivity index (χ0) is 14.1. The Labute approximate surface area is 131 Å². The van der Waals surface area contributed by atoms with Crippen molar-refractivity contribution in [3.8, 4) is 0 Å². The van der Waals surface area contributed by atoms with Gasteiger partial charge in [0.25, 0.3) is 5.91 Å². The fourth-order valence-corrected chi connectivity index (χ4v) is 3.36. The highest BCUT2D eigenvalue weighted by atomic mass is 35.5. The zero-order valence-corrected chi connectivity index (χ0v) is 13.0. The molecule has 0 saturated heterocycles. The molecule has 0 radical (unpaired) electrons. The van der Waals surface area contributed by atoms with Gasteiger partial charge >= 0.3 is 0 Å². The summed E-state index contributed by atoms with van der Waals surface area (Å²) < 4.78 is 0. The Morgan fingerprint density at radius 1 is 1.25 bits per heavy atom. The third-order valence-electron chi connectivity index (χ3n) is 3.29. The molecule has 1 amide bonds. The van der Waals surface area contributed by atoms with Gasteiger partial charge in [-0.1, -0.05) is 23.2 Å². The molecule has 2 aromatic rings. The van der Waals surface area contributed by atoms with Crippen LogP contribution in [0.1, 0.15) is 28.8 Å². The summed E-state index contributed by atoms with van der Waals surface area (Å²) in [5.74, 6) is 0.00287. The van der Waals surface area contributed by atoms with Gasteiger partial charge in [0.2, 0.25) is 0 Å². The van der Waals surface area contributed by atoms with E-state index >= 15 is 0 Å². The second kappa shape index (κ2) is 5.76. The predicted molar refractivity (Wildman–Crippen MR) is 83.7 cm³/mol. The second-order valence-corrected chi connectivity index (χ2v) is 6.61. The van der Waals surface area contributed by atoms with Crippen molar-refractivity contribution in [1.29, 1.82) is 0 Å². The van der Waals surface area contributed by atoms with Gasteiger partial charge in [0, 0.05) is 28.2 Å². The Bertz CT molecular complexity index is 603. The third kappa shape index (κ3) is 3.17. The van der Waals surface area contributed by atoms with Gasteiger partial charge in [-0.25, -0.2) is 0 Å². The molecule has 0 unspecified atom stereocenters. The summed E-state index contributed by atoms with van der Waals surface area (Å²) in [6.45, 7) is 0.650. The molecular formula is C15H13Cl2NOS. The molecule has 0 spiro atoms. The third-order valence-corrected chi connectivity index (χ3v) is 4.46. The molecule has 1 heterocycles. The van der Waals surface area contributed by atoms with Crippen molar-refractivity contribution in [2.45, 2.75) is 25.4 Å². The van der Waals surface area contributed by atoms with Gasteiger partial charge in [-0.15, -0.1) is 0 Å². The van der Waals surface area contributed by atoms with Gasteiger partial charge in [-0.05, 0) is 53.4 Å². The van der Waals surface area contributed by atoms with Crippen LogP contribution in [0, 0.1) is 0 Å². The van der Waals surface area contributed by atoms with Crippen LogP contribution in [0.25, 0.3) is 0 Å². The topological polar surface area (TPSA) is 20.3 Å². The predicted octanol–water partition coefficient (Wildman–Crippen LogP) is 4.86. The van der Waals surface area contributed by atoms with Crippen LogP contribution in [0.15, 0.2) is 35.0 Å². The van der Waals surface area contributed by atoms with Crippen molar-refractivity contribution >= 4 is 40.4 Å². The standard InChI is InChI=1S/C15H13Cl2NOS/c16-12-5-11(6-13(17)7-12)15(19)18(14-1-2-14)8-10-3-4-20-9-10/h3-7,9,14H,1-2,8H2. The lowest BCUT2D eigenvalue weighted by Crippen LogP contribution is -2.32. The van der Waals surface area contributed by atoms with E-state index in [1.807, 2.05) is 10.3 Å². The van der Waals surface area contributed by atoms with Crippen molar-refractivity contribution in [2.24, 2.45) is 0 Å². The molecule has 1 saturated carbocycles. The molecular weight excluding hydrogens is 313 g/mol. The number of carbonyl (C=O) groups excluding carboxylic acids is 1. The van der Waals surface area contributed by atoms with Gasteiger partial charge < -0.3 is 4.90 Å². The molecule has 1 aromatic carbocycles. The first kappa shape index (κ1) is 13.9. The van der Waals surface area contributed by atoms with Gasteiger partial charge in [-0.2, -0.15) is 11.3 Å². The van der Waals surface area contributed by atoms with Crippen molar-refractivity contribution in [2.75, 3.05) is 0 Å². The normalized spacial score (nSPS) is 14.3. The molecule has 1 aromatic heterocycles. The largest absolute Gasteiger partial charge is 0.331 e. The van der Waals surface area contributed by atoms with Crippen LogP contribution in [0.3, 0.4) is 0 Å². The Morgan fingerprint density at radius 2 is 1.95 bits per heavy atom. The Morgan fingerprint density at radius 3 is 2.50 bits per heavy atom. The minimum Gasteiger partial charge on any atom is -0.331 e. The van der Waals surface area contributed by atoms with Gasteiger partial charge in [0.15, 0.2) is 0 Å². The van der Waals surface area contributed by atoms with Gasteiger partial charge in [0.05, 0.1) is 0 Å². The molecule has 1 fully saturated rings. The van der Waals surface area contributed by atoms with E-state index in [9.17, 15) is 4.79 Å². The van der Waals surface area contributed by atoms with E-state index in [2.05, 4.69) is 11.4 Å². The van der Waals surface area contributed by atoms with Crippen LogP contribution in [0.5, 0.6) is 0 Å². The number of nitrogens with zero attached hydrogens (tertiary/aromatic N) is 1. The summed E-state index contributed by atoms with van der Waals surface area (Å²) in [6, 6.07) is 7.40. The van der Waals surface area contributed by atoms with Crippen molar-refractivity contribution < 1.29 is 4.79 Å². The van der Waals surface area contributed by atoms with E-state index in [1.165, 1.54) is 5.56 Å². The smallest absolute Gasteiger partial charge is 0.254 e. The maximum Gasteiger partial charge on any atom is 0.254 e. The number of hydrogen-bond acceptors (Lipinski definition) is 2. The number of carbonyl (C=O) groups is 1. The number of amides is 1. The maximum atomic E-state index is 12.7. The molecule has 1 aliphatic carbocycles. The average molecular weight is 326 g/mol. The molecule has 0 bridgehead atoms. The van der Waals surface area contributed by atoms with E-state index in [4.69, 9.17) is 23.2 Å². The van der Waals surface area contributed by atoms with Crippen LogP contribution in [0.2, 0.25) is 10.0 Å². The van der Waals surface area contributed by atoms with Crippen LogP contribution >= 0.6 is 34.5 Å². The molecule has 3 rings (SSSR count). The van der Waals surface area contributed by atoms with E-state index < -0.39 is 0 Å². The van der Waals surface area contributed by atoms with E-state index in [0.29, 0.717) is 28.2 Å². The van der Waals surface area contributed by atoms with E-state index in [1.54, 1.807) is 29.5 Å². The number of halogens is 2. The fraction of sp³-hybridized carbons (Fsp3) is 0.267. The lowest BCUT2D eigenvalue weighted by molar-refractivity contribution is 0.0730. The number of hydrogen-bond donors (Lipinski definition) is 0. The summed E-state index contributed by atoms with van der Waals surface area (Å²) in [6.07, 6.45) is 2.15. The lowest BCUT2D eigenvalue weighted by Gasteiger charge is -2.22. The summed E-state index contributed by atoms with van der Waals surface area (Å²) in [5, 5.41) is 5.09. The minimum absolute atomic E-state index is 0.00287. The second-order valence-electron chi connectivity index (χ2n) is 4.95. The molecule has 0 atom stereocenters. The SMILES string of the molecule is O=C(c1cc(Cl)cc(Cl)c1)N(Cc1ccsc1)C1CC1. The quantitative estimate of drug-likeness (QED) is 0.786. The summed E-state index contributed by atoms with van der Waals surface area (Å²) in [5.41, 5.74) is 1.73. The molecule has 20 heavy (non-hydrogen) atoms. The first-order valence-corrected chi connectivity index (χ1v) is 8.11. The summed E-state index contributed by atoms with van der Waals surface area (Å²) in [7, 11) is 0. The summed E-state index contributed by atoms with van der Waals surface area (Å²) >= 11 is 13.6. The van der Waals surface area contributed by atoms with Crippen LogP contribution in [0.4, 0.5) is 0 Å². The van der Waals surface area contributed by atoms with Gasteiger partial charge in [-0.3, -0.25) is 4.79 Å². The van der Waals surface area contributed by atoms with Crippen molar-refractivity contribution in [3.05, 3.63) is 56.2 Å². The Kier molecular flexibility index (Phi) is 4.01. The highest BCUT2D eigenvalue weighted by Gasteiger charge is 2.33. The molecule has 0 N–H and O–H groups in total. The van der Waals surface area contributed by atoms with Crippen molar-refractivity contribution in [3.63, 3.8) is 0 Å². The molecule has 1 aliphatic rings. The van der Waals surface area contributed by atoms with E-state index in [0.717, 1.165) is 12.8 Å². The lowest BCUT2D eigenvalue weighted by atomic mass is 10.2. The molecule has 0 aliphatic heterocycles. The molecule has 104 valence electrons. The summed E-state index contributed by atoms with van der Waals surface area (Å²) in [4.78, 5) is 14.6. The Hall–Kier alpha value is -1.03. The number of benzene rings is 1. The first-order valence-electron chi connectivity index (χ1n) is 6.41. The first-order chi connectivity index (χ1) is 9.63. The average Bonchev–Trinajstić information content (AvgIpc) is 3.11. The number of thiophene rings is 1. The highest BCUT2D eigenvalue weighted by molar-refractivity contribution is 7.07. The van der Waals surface area contributed by atoms with Crippen molar-refractivity contribution in [1.82, 2.24) is 4.90 Å². The highest BCUT2D eigenvalue weighted by Crippen LogP contribution is 2.31. The maximum absolute atomic E-state index is 12.7. The number of rotatable bonds is 4. The molecule has 2 nitrogen and oxygen atoms in total. The minimum atomic E-state index is 0.00287. The molecule has 5 heteroatoms. The Balaban J connectivity index is 1.85. The zero-order valence-electron chi connectivity index (χ0n) is 10.7.